The smallest absolute Gasteiger partial charge is 0.259 e. The highest BCUT2D eigenvalue weighted by molar-refractivity contribution is 6.07. The molecule has 4 aromatic rings. The number of amides is 1. The van der Waals surface area contributed by atoms with Crippen LogP contribution in [0.4, 0.5) is 5.82 Å². The predicted octanol–water partition coefficient (Wildman–Crippen LogP) is 3.45. The number of pyridine rings is 2. The highest BCUT2D eigenvalue weighted by Gasteiger charge is 2.26. The number of ether oxygens (including phenoxy) is 1. The molecule has 0 bridgehead atoms. The average Bonchev–Trinajstić information content (AvgIpc) is 3.54. The second-order valence-corrected chi connectivity index (χ2v) is 9.45. The van der Waals surface area contributed by atoms with E-state index in [-0.39, 0.29) is 24.9 Å². The summed E-state index contributed by atoms with van der Waals surface area (Å²) in [6.07, 6.45) is 2.47. The molecule has 2 aliphatic rings. The number of nitrogens with one attached hydrogen (secondary N) is 1. The molecule has 5 heterocycles. The zero-order valence-electron chi connectivity index (χ0n) is 20.0. The van der Waals surface area contributed by atoms with Crippen LogP contribution in [0.5, 0.6) is 0 Å². The minimum absolute atomic E-state index is 0. The van der Waals surface area contributed by atoms with Crippen LogP contribution in [-0.2, 0) is 4.74 Å². The van der Waals surface area contributed by atoms with E-state index in [0.717, 1.165) is 47.5 Å². The topological polar surface area (TPSA) is 96.4 Å². The van der Waals surface area contributed by atoms with Crippen molar-refractivity contribution in [2.24, 2.45) is 0 Å². The van der Waals surface area contributed by atoms with E-state index >= 15 is 0 Å². The minimum atomic E-state index is -0.169. The molecule has 1 aromatic carbocycles. The second kappa shape index (κ2) is 9.39. The Balaban J connectivity index is 0.00000267. The number of aromatic amines is 1. The summed E-state index contributed by atoms with van der Waals surface area (Å²) >= 11 is 0. The van der Waals surface area contributed by atoms with E-state index in [1.807, 2.05) is 53.8 Å². The second-order valence-electron chi connectivity index (χ2n) is 9.45. The van der Waals surface area contributed by atoms with Crippen molar-refractivity contribution in [3.05, 3.63) is 63.7 Å². The molecular formula is C27H32N6O3. The van der Waals surface area contributed by atoms with Crippen molar-refractivity contribution in [2.75, 3.05) is 44.3 Å². The number of anilines is 1. The van der Waals surface area contributed by atoms with Crippen LogP contribution in [0.25, 0.3) is 21.8 Å². The third kappa shape index (κ3) is 4.03. The molecule has 2 aliphatic heterocycles. The molecule has 36 heavy (non-hydrogen) atoms. The summed E-state index contributed by atoms with van der Waals surface area (Å²) in [5, 5.41) is 5.90. The summed E-state index contributed by atoms with van der Waals surface area (Å²) in [7, 11) is 0. The fourth-order valence-corrected chi connectivity index (χ4v) is 5.23. The Morgan fingerprint density at radius 3 is 2.64 bits per heavy atom. The summed E-state index contributed by atoms with van der Waals surface area (Å²) < 4.78 is 7.46. The largest absolute Gasteiger partial charge is 0.379 e. The van der Waals surface area contributed by atoms with Gasteiger partial charge in [-0.2, -0.15) is 5.10 Å². The van der Waals surface area contributed by atoms with Gasteiger partial charge in [-0.25, -0.2) is 4.98 Å². The first-order valence-corrected chi connectivity index (χ1v) is 12.1. The van der Waals surface area contributed by atoms with Crippen LogP contribution in [0.1, 0.15) is 41.5 Å². The number of fused-ring (bicyclic) bond motifs is 3. The fraction of sp³-hybridized carbons (Fsp3) is 0.407. The molecule has 9 heteroatoms. The zero-order chi connectivity index (χ0) is 24.1. The number of carbonyl (C=O) groups excluding carboxylic acids is 1. The van der Waals surface area contributed by atoms with Gasteiger partial charge in [0, 0.05) is 49.4 Å². The Morgan fingerprint density at radius 1 is 1.11 bits per heavy atom. The Labute approximate surface area is 209 Å². The van der Waals surface area contributed by atoms with Crippen LogP contribution in [-0.4, -0.2) is 69.9 Å². The van der Waals surface area contributed by atoms with E-state index in [1.165, 1.54) is 0 Å². The van der Waals surface area contributed by atoms with Crippen molar-refractivity contribution in [2.45, 2.75) is 33.7 Å². The summed E-state index contributed by atoms with van der Waals surface area (Å²) in [4.78, 5) is 38.1. The van der Waals surface area contributed by atoms with Gasteiger partial charge in [0.1, 0.15) is 5.82 Å². The molecule has 2 fully saturated rings. The van der Waals surface area contributed by atoms with Gasteiger partial charge in [-0.3, -0.25) is 14.3 Å². The van der Waals surface area contributed by atoms with Crippen LogP contribution >= 0.6 is 0 Å². The SMILES string of the molecule is C.Cc1cccc(N2CCN(C(=O)c3cc4c(cc3C)[nH]c(=O)c3cnn([C@H]5CCOC5)c34)CC2)n1. The van der Waals surface area contributed by atoms with Crippen LogP contribution < -0.4 is 10.5 Å². The Morgan fingerprint density at radius 2 is 1.92 bits per heavy atom. The minimum Gasteiger partial charge on any atom is -0.379 e. The zero-order valence-corrected chi connectivity index (χ0v) is 20.0. The molecule has 0 spiro atoms. The number of benzene rings is 1. The number of hydrogen-bond acceptors (Lipinski definition) is 6. The highest BCUT2D eigenvalue weighted by atomic mass is 16.5. The van der Waals surface area contributed by atoms with Gasteiger partial charge in [-0.05, 0) is 50.1 Å². The van der Waals surface area contributed by atoms with Crippen molar-refractivity contribution >= 4 is 33.5 Å². The van der Waals surface area contributed by atoms with Gasteiger partial charge in [0.15, 0.2) is 0 Å². The van der Waals surface area contributed by atoms with Crippen LogP contribution in [0.3, 0.4) is 0 Å². The molecule has 0 saturated carbocycles. The number of carbonyl (C=O) groups is 1. The molecular weight excluding hydrogens is 456 g/mol. The number of aryl methyl sites for hydroxylation is 2. The third-order valence-corrected chi connectivity index (χ3v) is 7.15. The van der Waals surface area contributed by atoms with Gasteiger partial charge in [0.25, 0.3) is 11.5 Å². The van der Waals surface area contributed by atoms with E-state index in [0.29, 0.717) is 42.8 Å². The standard InChI is InChI=1S/C26H28N6O3.CH4/c1-16-12-22-20(24-21(25(33)29-22)14-27-32(24)18-6-11-35-15-18)13-19(16)26(34)31-9-7-30(8-10-31)23-5-3-4-17(2)28-23;/h3-5,12-14,18H,6-11,15H2,1-2H3,(H,29,33);1H4/t18-;/m0./s1. The average molecular weight is 489 g/mol. The first kappa shape index (κ1) is 24.0. The summed E-state index contributed by atoms with van der Waals surface area (Å²) in [5.74, 6) is 0.963. The van der Waals surface area contributed by atoms with E-state index < -0.39 is 0 Å². The fourth-order valence-electron chi connectivity index (χ4n) is 5.23. The number of hydrogen-bond donors (Lipinski definition) is 1. The Bertz CT molecular complexity index is 1490. The monoisotopic (exact) mass is 488 g/mol. The molecule has 3 aromatic heterocycles. The van der Waals surface area contributed by atoms with Gasteiger partial charge < -0.3 is 19.5 Å². The maximum Gasteiger partial charge on any atom is 0.259 e. The number of nitrogens with zero attached hydrogens (tertiary/aromatic N) is 5. The molecule has 0 unspecified atom stereocenters. The maximum atomic E-state index is 13.6. The summed E-state index contributed by atoms with van der Waals surface area (Å²) in [6.45, 7) is 7.89. The lowest BCUT2D eigenvalue weighted by Gasteiger charge is -2.35. The third-order valence-electron chi connectivity index (χ3n) is 7.15. The van der Waals surface area contributed by atoms with Gasteiger partial charge in [-0.1, -0.05) is 13.5 Å². The maximum absolute atomic E-state index is 13.6. The quantitative estimate of drug-likeness (QED) is 0.475. The van der Waals surface area contributed by atoms with Gasteiger partial charge in [0.2, 0.25) is 0 Å². The summed E-state index contributed by atoms with van der Waals surface area (Å²) in [5.41, 5.74) is 3.80. The molecule has 9 nitrogen and oxygen atoms in total. The lowest BCUT2D eigenvalue weighted by Crippen LogP contribution is -2.49. The lowest BCUT2D eigenvalue weighted by molar-refractivity contribution is 0.0746. The normalized spacial score (nSPS) is 18.1. The summed E-state index contributed by atoms with van der Waals surface area (Å²) in [6, 6.07) is 9.93. The van der Waals surface area contributed by atoms with Gasteiger partial charge in [-0.15, -0.1) is 0 Å². The molecule has 188 valence electrons. The Kier molecular flexibility index (Phi) is 6.26. The number of piperazine rings is 1. The molecule has 6 rings (SSSR count). The van der Waals surface area contributed by atoms with Gasteiger partial charge in [0.05, 0.1) is 35.3 Å². The van der Waals surface area contributed by atoms with Crippen molar-refractivity contribution in [1.29, 1.82) is 0 Å². The van der Waals surface area contributed by atoms with Crippen molar-refractivity contribution < 1.29 is 9.53 Å². The number of rotatable bonds is 3. The van der Waals surface area contributed by atoms with E-state index in [4.69, 9.17) is 4.74 Å². The molecule has 1 atom stereocenters. The molecule has 0 aliphatic carbocycles. The van der Waals surface area contributed by atoms with E-state index in [2.05, 4.69) is 20.0 Å². The highest BCUT2D eigenvalue weighted by Crippen LogP contribution is 2.29. The van der Waals surface area contributed by atoms with Crippen LogP contribution in [0.15, 0.2) is 41.3 Å². The predicted molar refractivity (Wildman–Crippen MR) is 141 cm³/mol. The van der Waals surface area contributed by atoms with Crippen LogP contribution in [0.2, 0.25) is 0 Å². The van der Waals surface area contributed by atoms with E-state index in [1.54, 1.807) is 6.20 Å². The van der Waals surface area contributed by atoms with Crippen molar-refractivity contribution in [3.63, 3.8) is 0 Å². The number of H-pyrrole nitrogens is 1. The van der Waals surface area contributed by atoms with Crippen LogP contribution in [0, 0.1) is 13.8 Å². The van der Waals surface area contributed by atoms with E-state index in [9.17, 15) is 9.59 Å². The molecule has 1 N–H and O–H groups in total. The molecule has 0 radical (unpaired) electrons. The number of aromatic nitrogens is 4. The van der Waals surface area contributed by atoms with Gasteiger partial charge >= 0.3 is 0 Å². The first-order valence-electron chi connectivity index (χ1n) is 12.1. The molecule has 1 amide bonds. The lowest BCUT2D eigenvalue weighted by atomic mass is 10.0. The first-order chi connectivity index (χ1) is 17.0. The van der Waals surface area contributed by atoms with Crippen molar-refractivity contribution in [3.8, 4) is 0 Å². The molecule has 2 saturated heterocycles. The Hall–Kier alpha value is -3.72. The van der Waals surface area contributed by atoms with Crippen molar-refractivity contribution in [1.82, 2.24) is 24.6 Å².